The summed E-state index contributed by atoms with van der Waals surface area (Å²) in [6, 6.07) is 0. The van der Waals surface area contributed by atoms with E-state index in [1.807, 2.05) is 6.92 Å². The maximum Gasteiger partial charge on any atom is 0.439 e. The zero-order valence-corrected chi connectivity index (χ0v) is 14.7. The number of hydrogen-bond acceptors (Lipinski definition) is 6. The molecule has 0 fully saturated rings. The van der Waals surface area contributed by atoms with Crippen molar-refractivity contribution in [1.29, 1.82) is 0 Å². The van der Waals surface area contributed by atoms with Crippen LogP contribution in [0, 0.1) is 0 Å². The van der Waals surface area contributed by atoms with Crippen LogP contribution in [0.4, 0.5) is 4.79 Å². The van der Waals surface area contributed by atoms with Crippen LogP contribution in [0.5, 0.6) is 0 Å². The van der Waals surface area contributed by atoms with Gasteiger partial charge in [0.25, 0.3) is 10.0 Å². The largest absolute Gasteiger partial charge is 0.448 e. The molecule has 126 valence electrons. The first-order valence-electron chi connectivity index (χ1n) is 6.26. The first-order chi connectivity index (χ1) is 9.55. The highest BCUT2D eigenvalue weighted by Crippen LogP contribution is 2.13. The van der Waals surface area contributed by atoms with E-state index in [2.05, 4.69) is 0 Å². The van der Waals surface area contributed by atoms with Crippen LogP contribution >= 0.6 is 11.6 Å². The molecule has 1 amide bonds. The van der Waals surface area contributed by atoms with E-state index in [1.54, 1.807) is 0 Å². The standard InChI is InChI=1S/C10H21ClN2O6S2/c1-4-5-6-9-19-10(14)13(21(3,17)18)12(8-7-11)20(2,15)16/h4-9H2,1-3H3. The topological polar surface area (TPSA) is 101 Å². The SMILES string of the molecule is CCCCCOC(=O)N(N(CCCl)S(C)(=O)=O)S(C)(=O)=O. The molecule has 0 spiro atoms. The number of unbranched alkanes of at least 4 members (excludes halogenated alkanes) is 2. The van der Waals surface area contributed by atoms with E-state index >= 15 is 0 Å². The number of halogens is 1. The molecule has 0 aliphatic rings. The number of ether oxygens (including phenoxy) is 1. The van der Waals surface area contributed by atoms with Crippen molar-refractivity contribution in [2.45, 2.75) is 26.2 Å². The molecule has 0 aromatic heterocycles. The lowest BCUT2D eigenvalue weighted by molar-refractivity contribution is 0.0824. The lowest BCUT2D eigenvalue weighted by atomic mass is 10.3. The summed E-state index contributed by atoms with van der Waals surface area (Å²) in [5.74, 6) is -0.178. The Hall–Kier alpha value is -0.580. The molecule has 0 saturated carbocycles. The van der Waals surface area contributed by atoms with E-state index in [-0.39, 0.29) is 23.4 Å². The number of hydrogen-bond donors (Lipinski definition) is 0. The van der Waals surface area contributed by atoms with Gasteiger partial charge < -0.3 is 4.74 Å². The number of rotatable bonds is 9. The van der Waals surface area contributed by atoms with Crippen LogP contribution in [-0.2, 0) is 24.8 Å². The molecule has 0 aliphatic heterocycles. The van der Waals surface area contributed by atoms with Crippen molar-refractivity contribution in [3.63, 3.8) is 0 Å². The number of carbonyl (C=O) groups excluding carboxylic acids is 1. The Morgan fingerprint density at radius 2 is 1.67 bits per heavy atom. The van der Waals surface area contributed by atoms with Gasteiger partial charge in [-0.2, -0.15) is 0 Å². The minimum absolute atomic E-state index is 0.0111. The van der Waals surface area contributed by atoms with Crippen LogP contribution in [0.25, 0.3) is 0 Å². The number of amides is 1. The molecule has 0 saturated heterocycles. The smallest absolute Gasteiger partial charge is 0.439 e. The summed E-state index contributed by atoms with van der Waals surface area (Å²) in [4.78, 5) is 11.9. The Morgan fingerprint density at radius 3 is 2.05 bits per heavy atom. The summed E-state index contributed by atoms with van der Waals surface area (Å²) in [7, 11) is -8.16. The second kappa shape index (κ2) is 8.76. The zero-order chi connectivity index (χ0) is 16.7. The summed E-state index contributed by atoms with van der Waals surface area (Å²) in [5, 5.41) is 0. The Kier molecular flexibility index (Phi) is 8.52. The summed E-state index contributed by atoms with van der Waals surface area (Å²) >= 11 is 5.47. The van der Waals surface area contributed by atoms with Crippen LogP contribution in [0.1, 0.15) is 26.2 Å². The van der Waals surface area contributed by atoms with Gasteiger partial charge in [-0.05, 0) is 6.42 Å². The third-order valence-electron chi connectivity index (χ3n) is 2.30. The third-order valence-corrected chi connectivity index (χ3v) is 4.66. The maximum atomic E-state index is 11.9. The molecule has 21 heavy (non-hydrogen) atoms. The van der Waals surface area contributed by atoms with E-state index in [1.165, 1.54) is 0 Å². The van der Waals surface area contributed by atoms with Crippen molar-refractivity contribution >= 4 is 37.7 Å². The van der Waals surface area contributed by atoms with E-state index < -0.39 is 26.1 Å². The molecule has 11 heteroatoms. The zero-order valence-electron chi connectivity index (χ0n) is 12.3. The van der Waals surface area contributed by atoms with Crippen molar-refractivity contribution < 1.29 is 26.4 Å². The van der Waals surface area contributed by atoms with Crippen LogP contribution in [0.3, 0.4) is 0 Å². The molecular weight excluding hydrogens is 344 g/mol. The van der Waals surface area contributed by atoms with Gasteiger partial charge in [0.2, 0.25) is 10.0 Å². The first-order valence-corrected chi connectivity index (χ1v) is 10.5. The van der Waals surface area contributed by atoms with Crippen LogP contribution < -0.4 is 0 Å². The number of nitrogens with zero attached hydrogens (tertiary/aromatic N) is 2. The number of carbonyl (C=O) groups is 1. The molecule has 0 unspecified atom stereocenters. The fourth-order valence-electron chi connectivity index (χ4n) is 1.42. The van der Waals surface area contributed by atoms with E-state index in [0.717, 1.165) is 19.1 Å². The predicted octanol–water partition coefficient (Wildman–Crippen LogP) is 0.990. The maximum absolute atomic E-state index is 11.9. The summed E-state index contributed by atoms with van der Waals surface area (Å²) in [5.41, 5.74) is 0. The second-order valence-electron chi connectivity index (χ2n) is 4.33. The number of sulfonamides is 2. The van der Waals surface area contributed by atoms with Crippen molar-refractivity contribution in [3.05, 3.63) is 0 Å². The minimum Gasteiger partial charge on any atom is -0.448 e. The molecule has 0 atom stereocenters. The van der Waals surface area contributed by atoms with Crippen LogP contribution in [-0.4, -0.2) is 63.3 Å². The van der Waals surface area contributed by atoms with E-state index in [0.29, 0.717) is 17.1 Å². The molecule has 0 radical (unpaired) electrons. The van der Waals surface area contributed by atoms with E-state index in [9.17, 15) is 21.6 Å². The Balaban J connectivity index is 5.24. The van der Waals surface area contributed by atoms with Crippen molar-refractivity contribution in [2.75, 3.05) is 31.5 Å². The van der Waals surface area contributed by atoms with Gasteiger partial charge in [0, 0.05) is 12.4 Å². The van der Waals surface area contributed by atoms with Gasteiger partial charge >= 0.3 is 6.09 Å². The number of hydrazine groups is 1. The lowest BCUT2D eigenvalue weighted by Gasteiger charge is -2.29. The number of alkyl halides is 1. The van der Waals surface area contributed by atoms with Gasteiger partial charge in [0.05, 0.1) is 19.1 Å². The average Bonchev–Trinajstić information content (AvgIpc) is 2.31. The van der Waals surface area contributed by atoms with Gasteiger partial charge in [-0.3, -0.25) is 0 Å². The molecule has 8 nitrogen and oxygen atoms in total. The Morgan fingerprint density at radius 1 is 1.10 bits per heavy atom. The molecule has 0 bridgehead atoms. The molecule has 0 N–H and O–H groups in total. The molecule has 0 aromatic rings. The normalized spacial score (nSPS) is 12.4. The quantitative estimate of drug-likeness (QED) is 0.343. The average molecular weight is 365 g/mol. The highest BCUT2D eigenvalue weighted by molar-refractivity contribution is 7.91. The van der Waals surface area contributed by atoms with Crippen LogP contribution in [0.15, 0.2) is 0 Å². The summed E-state index contributed by atoms with van der Waals surface area (Å²) < 4.78 is 52.0. The monoisotopic (exact) mass is 364 g/mol. The van der Waals surface area contributed by atoms with E-state index in [4.69, 9.17) is 16.3 Å². The third kappa shape index (κ3) is 7.30. The van der Waals surface area contributed by atoms with Gasteiger partial charge in [0.15, 0.2) is 0 Å². The second-order valence-corrected chi connectivity index (χ2v) is 8.40. The molecule has 0 heterocycles. The Labute approximate surface area is 131 Å². The van der Waals surface area contributed by atoms with Crippen molar-refractivity contribution in [1.82, 2.24) is 8.83 Å². The van der Waals surface area contributed by atoms with Gasteiger partial charge in [0.1, 0.15) is 0 Å². The first kappa shape index (κ1) is 20.4. The van der Waals surface area contributed by atoms with Gasteiger partial charge in [-0.15, -0.1) is 16.0 Å². The van der Waals surface area contributed by atoms with Crippen molar-refractivity contribution in [2.24, 2.45) is 0 Å². The summed E-state index contributed by atoms with van der Waals surface area (Å²) in [6.07, 6.45) is 2.51. The predicted molar refractivity (Wildman–Crippen MR) is 79.8 cm³/mol. The highest BCUT2D eigenvalue weighted by Gasteiger charge is 2.36. The fourth-order valence-corrected chi connectivity index (χ4v) is 3.90. The van der Waals surface area contributed by atoms with Crippen molar-refractivity contribution in [3.8, 4) is 0 Å². The molecule has 0 rings (SSSR count). The minimum atomic E-state index is -4.16. The highest BCUT2D eigenvalue weighted by atomic mass is 35.5. The summed E-state index contributed by atoms with van der Waals surface area (Å²) in [6.45, 7) is 1.60. The molecule has 0 aliphatic carbocycles. The van der Waals surface area contributed by atoms with Crippen LogP contribution in [0.2, 0.25) is 0 Å². The molecule has 0 aromatic carbocycles. The lowest BCUT2D eigenvalue weighted by Crippen LogP contribution is -2.52. The molecular formula is C10H21ClN2O6S2. The van der Waals surface area contributed by atoms with Gasteiger partial charge in [-0.25, -0.2) is 21.6 Å². The Bertz CT molecular complexity index is 534. The fraction of sp³-hybridized carbons (Fsp3) is 0.900. The van der Waals surface area contributed by atoms with Gasteiger partial charge in [-0.1, -0.05) is 24.2 Å².